The summed E-state index contributed by atoms with van der Waals surface area (Å²) in [6.45, 7) is 1.26. The lowest BCUT2D eigenvalue weighted by Crippen LogP contribution is -2.28. The van der Waals surface area contributed by atoms with Crippen molar-refractivity contribution in [1.82, 2.24) is 15.1 Å². The fourth-order valence-corrected chi connectivity index (χ4v) is 1.94. The van der Waals surface area contributed by atoms with Crippen LogP contribution >= 0.6 is 15.9 Å². The highest BCUT2D eigenvalue weighted by atomic mass is 79.9. The zero-order valence-electron chi connectivity index (χ0n) is 9.84. The van der Waals surface area contributed by atoms with Gasteiger partial charge >= 0.3 is 0 Å². The number of rotatable bonds is 5. The van der Waals surface area contributed by atoms with Crippen LogP contribution in [0.25, 0.3) is 0 Å². The summed E-state index contributed by atoms with van der Waals surface area (Å²) in [6, 6.07) is 9.71. The van der Waals surface area contributed by atoms with Gasteiger partial charge in [0.1, 0.15) is 0 Å². The van der Waals surface area contributed by atoms with Crippen LogP contribution in [0.2, 0.25) is 0 Å². The third-order valence-electron chi connectivity index (χ3n) is 2.47. The lowest BCUT2D eigenvalue weighted by molar-refractivity contribution is -0.120. The maximum Gasteiger partial charge on any atom is 0.224 e. The van der Waals surface area contributed by atoms with Gasteiger partial charge in [0.25, 0.3) is 0 Å². The maximum atomic E-state index is 11.7. The van der Waals surface area contributed by atoms with E-state index in [1.165, 1.54) is 0 Å². The summed E-state index contributed by atoms with van der Waals surface area (Å²) in [7, 11) is 0. The quantitative estimate of drug-likeness (QED) is 0.918. The standard InChI is InChI=1S/C13H14BrN3O/c14-12-9-16-17(10-12)7-6-15-13(18)8-11-4-2-1-3-5-11/h1-5,9-10H,6-8H2,(H,15,18). The van der Waals surface area contributed by atoms with E-state index in [0.717, 1.165) is 10.0 Å². The van der Waals surface area contributed by atoms with Crippen molar-refractivity contribution in [2.75, 3.05) is 6.54 Å². The van der Waals surface area contributed by atoms with E-state index >= 15 is 0 Å². The predicted molar refractivity (Wildman–Crippen MR) is 73.1 cm³/mol. The zero-order valence-corrected chi connectivity index (χ0v) is 11.4. The molecule has 2 aromatic rings. The molecule has 1 N–H and O–H groups in total. The SMILES string of the molecule is O=C(Cc1ccccc1)NCCn1cc(Br)cn1. The minimum Gasteiger partial charge on any atom is -0.354 e. The summed E-state index contributed by atoms with van der Waals surface area (Å²) >= 11 is 3.33. The first kappa shape index (κ1) is 12.8. The predicted octanol–water partition coefficient (Wildman–Crippen LogP) is 2.00. The number of aromatic nitrogens is 2. The summed E-state index contributed by atoms with van der Waals surface area (Å²) in [5.41, 5.74) is 1.02. The van der Waals surface area contributed by atoms with Crippen LogP contribution in [0.1, 0.15) is 5.56 Å². The lowest BCUT2D eigenvalue weighted by atomic mass is 10.1. The number of carbonyl (C=O) groups is 1. The van der Waals surface area contributed by atoms with Gasteiger partial charge in [-0.05, 0) is 21.5 Å². The molecule has 18 heavy (non-hydrogen) atoms. The molecular formula is C13H14BrN3O. The number of nitrogens with one attached hydrogen (secondary N) is 1. The van der Waals surface area contributed by atoms with E-state index in [1.54, 1.807) is 10.9 Å². The molecule has 0 atom stereocenters. The average molecular weight is 308 g/mol. The summed E-state index contributed by atoms with van der Waals surface area (Å²) in [5, 5.41) is 6.99. The van der Waals surface area contributed by atoms with E-state index in [1.807, 2.05) is 36.5 Å². The second-order valence-corrected chi connectivity index (χ2v) is 4.85. The highest BCUT2D eigenvalue weighted by molar-refractivity contribution is 9.10. The second kappa shape index (κ2) is 6.35. The molecule has 1 aromatic carbocycles. The Kier molecular flexibility index (Phi) is 4.52. The number of nitrogens with zero attached hydrogens (tertiary/aromatic N) is 2. The Hall–Kier alpha value is -1.62. The second-order valence-electron chi connectivity index (χ2n) is 3.93. The zero-order chi connectivity index (χ0) is 12.8. The molecule has 94 valence electrons. The molecule has 0 saturated carbocycles. The van der Waals surface area contributed by atoms with Crippen molar-refractivity contribution in [3.05, 3.63) is 52.8 Å². The van der Waals surface area contributed by atoms with Gasteiger partial charge in [-0.15, -0.1) is 0 Å². The van der Waals surface area contributed by atoms with E-state index in [9.17, 15) is 4.79 Å². The largest absolute Gasteiger partial charge is 0.354 e. The van der Waals surface area contributed by atoms with Crippen molar-refractivity contribution in [2.45, 2.75) is 13.0 Å². The van der Waals surface area contributed by atoms with Crippen molar-refractivity contribution in [3.8, 4) is 0 Å². The van der Waals surface area contributed by atoms with E-state index in [0.29, 0.717) is 19.5 Å². The maximum absolute atomic E-state index is 11.7. The Morgan fingerprint density at radius 1 is 1.33 bits per heavy atom. The van der Waals surface area contributed by atoms with Crippen LogP contribution in [-0.2, 0) is 17.8 Å². The van der Waals surface area contributed by atoms with Gasteiger partial charge in [0.05, 0.1) is 23.6 Å². The summed E-state index contributed by atoms with van der Waals surface area (Å²) in [6.07, 6.45) is 4.03. The van der Waals surface area contributed by atoms with Crippen molar-refractivity contribution in [1.29, 1.82) is 0 Å². The van der Waals surface area contributed by atoms with Gasteiger partial charge in [-0.25, -0.2) is 0 Å². The number of hydrogen-bond acceptors (Lipinski definition) is 2. The van der Waals surface area contributed by atoms with Gasteiger partial charge in [0, 0.05) is 12.7 Å². The number of halogens is 1. The summed E-state index contributed by atoms with van der Waals surface area (Å²) < 4.78 is 2.73. The molecule has 0 aliphatic heterocycles. The minimum atomic E-state index is 0.0346. The minimum absolute atomic E-state index is 0.0346. The number of hydrogen-bond donors (Lipinski definition) is 1. The van der Waals surface area contributed by atoms with Crippen molar-refractivity contribution >= 4 is 21.8 Å². The first-order valence-electron chi connectivity index (χ1n) is 5.72. The molecule has 0 aliphatic carbocycles. The molecule has 5 heteroatoms. The molecular weight excluding hydrogens is 294 g/mol. The van der Waals surface area contributed by atoms with Gasteiger partial charge in [-0.1, -0.05) is 30.3 Å². The Labute approximate surface area is 114 Å². The van der Waals surface area contributed by atoms with Crippen molar-refractivity contribution in [3.63, 3.8) is 0 Å². The van der Waals surface area contributed by atoms with E-state index in [4.69, 9.17) is 0 Å². The molecule has 0 radical (unpaired) electrons. The molecule has 0 saturated heterocycles. The van der Waals surface area contributed by atoms with Crippen LogP contribution in [0, 0.1) is 0 Å². The summed E-state index contributed by atoms with van der Waals surface area (Å²) in [5.74, 6) is 0.0346. The van der Waals surface area contributed by atoms with Crippen LogP contribution < -0.4 is 5.32 Å². The van der Waals surface area contributed by atoms with Crippen molar-refractivity contribution in [2.24, 2.45) is 0 Å². The van der Waals surface area contributed by atoms with Gasteiger partial charge in [0.2, 0.25) is 5.91 Å². The highest BCUT2D eigenvalue weighted by Gasteiger charge is 2.02. The molecule has 2 rings (SSSR count). The fourth-order valence-electron chi connectivity index (χ4n) is 1.61. The molecule has 0 aliphatic rings. The topological polar surface area (TPSA) is 46.9 Å². The van der Waals surface area contributed by atoms with E-state index in [2.05, 4.69) is 26.3 Å². The molecule has 1 aromatic heterocycles. The Balaban J connectivity index is 1.72. The van der Waals surface area contributed by atoms with Gasteiger partial charge in [0.15, 0.2) is 0 Å². The summed E-state index contributed by atoms with van der Waals surface area (Å²) in [4.78, 5) is 11.7. The molecule has 1 heterocycles. The first-order valence-corrected chi connectivity index (χ1v) is 6.52. The van der Waals surface area contributed by atoms with Crippen LogP contribution in [0.4, 0.5) is 0 Å². The van der Waals surface area contributed by atoms with E-state index < -0.39 is 0 Å². The average Bonchev–Trinajstić information content (AvgIpc) is 2.76. The Bertz CT molecular complexity index is 510. The van der Waals surface area contributed by atoms with Crippen LogP contribution in [0.3, 0.4) is 0 Å². The molecule has 1 amide bonds. The molecule has 0 fully saturated rings. The molecule has 0 spiro atoms. The third kappa shape index (κ3) is 4.00. The smallest absolute Gasteiger partial charge is 0.224 e. The lowest BCUT2D eigenvalue weighted by Gasteiger charge is -2.05. The monoisotopic (exact) mass is 307 g/mol. The van der Waals surface area contributed by atoms with E-state index in [-0.39, 0.29) is 5.91 Å². The molecule has 0 bridgehead atoms. The third-order valence-corrected chi connectivity index (χ3v) is 2.88. The number of amides is 1. The van der Waals surface area contributed by atoms with Gasteiger partial charge in [-0.3, -0.25) is 9.48 Å². The number of carbonyl (C=O) groups excluding carboxylic acids is 1. The highest BCUT2D eigenvalue weighted by Crippen LogP contribution is 2.05. The van der Waals surface area contributed by atoms with Crippen molar-refractivity contribution < 1.29 is 4.79 Å². The Morgan fingerprint density at radius 2 is 2.11 bits per heavy atom. The first-order chi connectivity index (χ1) is 8.74. The van der Waals surface area contributed by atoms with Crippen LogP contribution in [-0.4, -0.2) is 22.2 Å². The van der Waals surface area contributed by atoms with Crippen LogP contribution in [0.5, 0.6) is 0 Å². The normalized spacial score (nSPS) is 10.3. The number of benzene rings is 1. The van der Waals surface area contributed by atoms with Gasteiger partial charge < -0.3 is 5.32 Å². The molecule has 4 nitrogen and oxygen atoms in total. The molecule has 0 unspecified atom stereocenters. The Morgan fingerprint density at radius 3 is 2.78 bits per heavy atom. The van der Waals surface area contributed by atoms with Crippen LogP contribution in [0.15, 0.2) is 47.2 Å². The van der Waals surface area contributed by atoms with Gasteiger partial charge in [-0.2, -0.15) is 5.10 Å². The fraction of sp³-hybridized carbons (Fsp3) is 0.231.